The molecule has 1 atom stereocenters. The van der Waals surface area contributed by atoms with E-state index in [0.717, 1.165) is 36.3 Å². The zero-order chi connectivity index (χ0) is 16.1. The molecule has 4 rings (SSSR count). The van der Waals surface area contributed by atoms with Crippen LogP contribution in [0.5, 0.6) is 17.2 Å². The van der Waals surface area contributed by atoms with Crippen LogP contribution in [-0.4, -0.2) is 37.8 Å². The van der Waals surface area contributed by atoms with Crippen molar-refractivity contribution in [2.24, 2.45) is 0 Å². The molecule has 1 aliphatic carbocycles. The van der Waals surface area contributed by atoms with Gasteiger partial charge in [-0.2, -0.15) is 0 Å². The van der Waals surface area contributed by atoms with Gasteiger partial charge in [0.2, 0.25) is 0 Å². The first-order valence-corrected chi connectivity index (χ1v) is 7.94. The molecule has 0 fully saturated rings. The summed E-state index contributed by atoms with van der Waals surface area (Å²) in [7, 11) is 5.47. The van der Waals surface area contributed by atoms with Crippen LogP contribution in [0.25, 0.3) is 11.1 Å². The third-order valence-corrected chi connectivity index (χ3v) is 5.19. The fourth-order valence-corrected chi connectivity index (χ4v) is 4.01. The van der Waals surface area contributed by atoms with Gasteiger partial charge in [0, 0.05) is 18.2 Å². The maximum atomic E-state index is 10.4. The first-order chi connectivity index (χ1) is 11.1. The number of nitrogens with zero attached hydrogens (tertiary/aromatic N) is 1. The molecule has 1 heterocycles. The highest BCUT2D eigenvalue weighted by Gasteiger charge is 2.36. The van der Waals surface area contributed by atoms with Crippen molar-refractivity contribution in [3.8, 4) is 28.4 Å². The monoisotopic (exact) mass is 311 g/mol. The Morgan fingerprint density at radius 1 is 1.13 bits per heavy atom. The third kappa shape index (κ3) is 2.01. The van der Waals surface area contributed by atoms with Gasteiger partial charge in [-0.25, -0.2) is 0 Å². The summed E-state index contributed by atoms with van der Waals surface area (Å²) in [6.45, 7) is 1.01. The summed E-state index contributed by atoms with van der Waals surface area (Å²) >= 11 is 0. The van der Waals surface area contributed by atoms with Gasteiger partial charge in [-0.3, -0.25) is 4.90 Å². The van der Waals surface area contributed by atoms with Crippen molar-refractivity contribution in [2.75, 3.05) is 27.8 Å². The molecule has 1 aliphatic heterocycles. The highest BCUT2D eigenvalue weighted by Crippen LogP contribution is 2.52. The molecule has 2 aromatic carbocycles. The Morgan fingerprint density at radius 2 is 1.96 bits per heavy atom. The van der Waals surface area contributed by atoms with E-state index in [1.54, 1.807) is 14.2 Å². The molecule has 2 aliphatic rings. The number of ether oxygens (including phenoxy) is 2. The molecular formula is C19H21NO3. The second-order valence-electron chi connectivity index (χ2n) is 6.35. The lowest BCUT2D eigenvalue weighted by atomic mass is 9.76. The third-order valence-electron chi connectivity index (χ3n) is 5.19. The normalized spacial score (nSPS) is 19.0. The molecule has 2 aromatic rings. The molecule has 4 nitrogen and oxygen atoms in total. The topological polar surface area (TPSA) is 41.9 Å². The number of methoxy groups -OCH3 is 2. The van der Waals surface area contributed by atoms with Gasteiger partial charge < -0.3 is 14.6 Å². The zero-order valence-corrected chi connectivity index (χ0v) is 13.7. The molecule has 0 aromatic heterocycles. The van der Waals surface area contributed by atoms with Crippen LogP contribution in [0.15, 0.2) is 24.3 Å². The Labute approximate surface area is 136 Å². The minimum absolute atomic E-state index is 0.222. The number of likely N-dealkylation sites (N-methyl/N-ethyl adjacent to an activating group) is 1. The van der Waals surface area contributed by atoms with Gasteiger partial charge in [0.1, 0.15) is 5.75 Å². The molecule has 0 radical (unpaired) electrons. The maximum Gasteiger partial charge on any atom is 0.168 e. The second-order valence-corrected chi connectivity index (χ2v) is 6.35. The SMILES string of the molecule is COc1ccc2c(c1)-c1c(OC)c(O)cc3c1C(C2)N(C)CC3. The van der Waals surface area contributed by atoms with Gasteiger partial charge in [-0.1, -0.05) is 6.07 Å². The van der Waals surface area contributed by atoms with Crippen LogP contribution in [0.2, 0.25) is 0 Å². The summed E-state index contributed by atoms with van der Waals surface area (Å²) in [5.41, 5.74) is 5.94. The Balaban J connectivity index is 2.06. The highest BCUT2D eigenvalue weighted by atomic mass is 16.5. The summed E-state index contributed by atoms with van der Waals surface area (Å²) in [5, 5.41) is 10.4. The van der Waals surface area contributed by atoms with Crippen molar-refractivity contribution >= 4 is 0 Å². The van der Waals surface area contributed by atoms with Crippen molar-refractivity contribution in [2.45, 2.75) is 18.9 Å². The Bertz CT molecular complexity index is 785. The zero-order valence-electron chi connectivity index (χ0n) is 13.7. The average molecular weight is 311 g/mol. The van der Waals surface area contributed by atoms with Gasteiger partial charge >= 0.3 is 0 Å². The van der Waals surface area contributed by atoms with E-state index in [-0.39, 0.29) is 5.75 Å². The lowest BCUT2D eigenvalue weighted by Crippen LogP contribution is -2.35. The Hall–Kier alpha value is -2.20. The Morgan fingerprint density at radius 3 is 2.70 bits per heavy atom. The minimum atomic E-state index is 0.222. The molecule has 0 saturated heterocycles. The quantitative estimate of drug-likeness (QED) is 0.925. The van der Waals surface area contributed by atoms with Crippen LogP contribution in [-0.2, 0) is 12.8 Å². The summed E-state index contributed by atoms with van der Waals surface area (Å²) in [4.78, 5) is 2.40. The van der Waals surface area contributed by atoms with Crippen LogP contribution < -0.4 is 9.47 Å². The van der Waals surface area contributed by atoms with E-state index >= 15 is 0 Å². The molecule has 0 saturated carbocycles. The highest BCUT2D eigenvalue weighted by molar-refractivity contribution is 5.84. The van der Waals surface area contributed by atoms with Gasteiger partial charge in [0.15, 0.2) is 11.5 Å². The number of fused-ring (bicyclic) bond motifs is 2. The van der Waals surface area contributed by atoms with E-state index in [1.165, 1.54) is 16.7 Å². The number of hydrogen-bond acceptors (Lipinski definition) is 4. The van der Waals surface area contributed by atoms with E-state index in [4.69, 9.17) is 9.47 Å². The van der Waals surface area contributed by atoms with Crippen LogP contribution in [0.4, 0.5) is 0 Å². The molecule has 0 bridgehead atoms. The van der Waals surface area contributed by atoms with E-state index in [1.807, 2.05) is 12.1 Å². The molecule has 1 N–H and O–H groups in total. The van der Waals surface area contributed by atoms with Crippen LogP contribution in [0, 0.1) is 0 Å². The summed E-state index contributed by atoms with van der Waals surface area (Å²) in [6.07, 6.45) is 1.93. The number of phenolic OH excluding ortho intramolecular Hbond substituents is 1. The minimum Gasteiger partial charge on any atom is -0.504 e. The molecular weight excluding hydrogens is 290 g/mol. The van der Waals surface area contributed by atoms with Gasteiger partial charge in [0.05, 0.1) is 14.2 Å². The standard InChI is InChI=1S/C19H21NO3/c1-20-7-6-12-9-16(21)19(23-3)18-14-10-13(22-2)5-4-11(14)8-15(20)17(12)18/h4-5,9-10,15,21H,6-8H2,1-3H3. The van der Waals surface area contributed by atoms with E-state index in [0.29, 0.717) is 11.8 Å². The smallest absolute Gasteiger partial charge is 0.168 e. The number of aromatic hydroxyl groups is 1. The maximum absolute atomic E-state index is 10.4. The first kappa shape index (κ1) is 14.4. The van der Waals surface area contributed by atoms with E-state index in [9.17, 15) is 5.11 Å². The predicted molar refractivity (Wildman–Crippen MR) is 89.4 cm³/mol. The summed E-state index contributed by atoms with van der Waals surface area (Å²) in [6, 6.07) is 8.40. The predicted octanol–water partition coefficient (Wildman–Crippen LogP) is 3.16. The molecule has 1 unspecified atom stereocenters. The summed E-state index contributed by atoms with van der Waals surface area (Å²) in [5.74, 6) is 1.61. The van der Waals surface area contributed by atoms with Crippen LogP contribution in [0.1, 0.15) is 22.7 Å². The van der Waals surface area contributed by atoms with Gasteiger partial charge in [-0.15, -0.1) is 0 Å². The lowest BCUT2D eigenvalue weighted by molar-refractivity contribution is 0.226. The van der Waals surface area contributed by atoms with Crippen LogP contribution in [0.3, 0.4) is 0 Å². The van der Waals surface area contributed by atoms with Crippen molar-refractivity contribution < 1.29 is 14.6 Å². The fourth-order valence-electron chi connectivity index (χ4n) is 4.01. The van der Waals surface area contributed by atoms with E-state index in [2.05, 4.69) is 24.1 Å². The first-order valence-electron chi connectivity index (χ1n) is 7.94. The molecule has 4 heteroatoms. The van der Waals surface area contributed by atoms with Crippen molar-refractivity contribution in [3.63, 3.8) is 0 Å². The number of benzene rings is 2. The number of phenols is 1. The fraction of sp³-hybridized carbons (Fsp3) is 0.368. The second kappa shape index (κ2) is 5.17. The van der Waals surface area contributed by atoms with Crippen molar-refractivity contribution in [1.29, 1.82) is 0 Å². The van der Waals surface area contributed by atoms with Crippen molar-refractivity contribution in [1.82, 2.24) is 4.90 Å². The largest absolute Gasteiger partial charge is 0.504 e. The Kier molecular flexibility index (Phi) is 3.23. The van der Waals surface area contributed by atoms with Gasteiger partial charge in [0.25, 0.3) is 0 Å². The number of hydrogen-bond donors (Lipinski definition) is 1. The molecule has 23 heavy (non-hydrogen) atoms. The summed E-state index contributed by atoms with van der Waals surface area (Å²) < 4.78 is 11.0. The number of rotatable bonds is 2. The lowest BCUT2D eigenvalue weighted by Gasteiger charge is -2.40. The molecule has 0 spiro atoms. The molecule has 0 amide bonds. The average Bonchev–Trinajstić information content (AvgIpc) is 2.57. The molecule has 120 valence electrons. The van der Waals surface area contributed by atoms with Crippen molar-refractivity contribution in [3.05, 3.63) is 41.0 Å². The van der Waals surface area contributed by atoms with Gasteiger partial charge in [-0.05, 0) is 60.3 Å². The van der Waals surface area contributed by atoms with E-state index < -0.39 is 0 Å². The van der Waals surface area contributed by atoms with Crippen LogP contribution >= 0.6 is 0 Å².